The van der Waals surface area contributed by atoms with Gasteiger partial charge >= 0.3 is 0 Å². The number of nitrogens with zero attached hydrogens (tertiary/aromatic N) is 4. The largest absolute Gasteiger partial charge is 0.492 e. The van der Waals surface area contributed by atoms with E-state index in [4.69, 9.17) is 15.5 Å². The average Bonchev–Trinajstić information content (AvgIpc) is 3.26. The van der Waals surface area contributed by atoms with Crippen LogP contribution in [-0.4, -0.2) is 39.1 Å². The minimum Gasteiger partial charge on any atom is -0.492 e. The standard InChI is InChI=1S/C24H33N5O/c1-5-7-21-27-22-23(29(21)15-16(2)3)19-10-9-18(14-20(19)26-24(22)25)30-13-12-28-11-6-8-17(28)4/h9-10,14,16H,4-8,11-13,15H2,1-3H3,(H2,25,26). The quantitative estimate of drug-likeness (QED) is 0.583. The molecule has 3 aromatic rings. The second-order valence-corrected chi connectivity index (χ2v) is 8.66. The molecule has 0 aliphatic carbocycles. The fraction of sp³-hybridized carbons (Fsp3) is 0.500. The van der Waals surface area contributed by atoms with Crippen molar-refractivity contribution < 1.29 is 4.74 Å². The van der Waals surface area contributed by atoms with Crippen LogP contribution in [-0.2, 0) is 13.0 Å². The molecule has 2 aromatic heterocycles. The number of rotatable bonds is 8. The van der Waals surface area contributed by atoms with Crippen molar-refractivity contribution in [1.29, 1.82) is 0 Å². The second kappa shape index (κ2) is 8.54. The Morgan fingerprint density at radius 2 is 2.10 bits per heavy atom. The third-order valence-corrected chi connectivity index (χ3v) is 5.75. The molecule has 1 aliphatic rings. The lowest BCUT2D eigenvalue weighted by atomic mass is 10.1. The van der Waals surface area contributed by atoms with Gasteiger partial charge in [-0.25, -0.2) is 9.97 Å². The van der Waals surface area contributed by atoms with Gasteiger partial charge in [-0.2, -0.15) is 0 Å². The molecule has 1 aliphatic heterocycles. The molecule has 1 aromatic carbocycles. The SMILES string of the molecule is C=C1CCCN1CCOc1ccc2c(c1)nc(N)c1nc(CCC)n(CC(C)C)c12. The Hall–Kier alpha value is -2.76. The molecule has 4 rings (SSSR count). The summed E-state index contributed by atoms with van der Waals surface area (Å²) < 4.78 is 8.37. The van der Waals surface area contributed by atoms with Crippen LogP contribution in [0.25, 0.3) is 21.9 Å². The van der Waals surface area contributed by atoms with Crippen LogP contribution >= 0.6 is 0 Å². The number of hydrogen-bond acceptors (Lipinski definition) is 5. The number of pyridine rings is 1. The van der Waals surface area contributed by atoms with E-state index in [9.17, 15) is 0 Å². The second-order valence-electron chi connectivity index (χ2n) is 8.66. The first-order chi connectivity index (χ1) is 14.5. The summed E-state index contributed by atoms with van der Waals surface area (Å²) in [5.74, 6) is 2.92. The van der Waals surface area contributed by atoms with Gasteiger partial charge in [-0.15, -0.1) is 0 Å². The van der Waals surface area contributed by atoms with Crippen LogP contribution in [0, 0.1) is 5.92 Å². The minimum absolute atomic E-state index is 0.489. The fourth-order valence-corrected chi connectivity index (χ4v) is 4.34. The number of hydrogen-bond donors (Lipinski definition) is 1. The van der Waals surface area contributed by atoms with Crippen LogP contribution in [0.4, 0.5) is 5.82 Å². The summed E-state index contributed by atoms with van der Waals surface area (Å²) in [7, 11) is 0. The molecule has 160 valence electrons. The average molecular weight is 408 g/mol. The monoisotopic (exact) mass is 407 g/mol. The van der Waals surface area contributed by atoms with Gasteiger partial charge in [-0.05, 0) is 37.3 Å². The summed E-state index contributed by atoms with van der Waals surface area (Å²) in [6, 6.07) is 6.13. The normalized spacial score (nSPS) is 14.5. The van der Waals surface area contributed by atoms with Gasteiger partial charge in [0.15, 0.2) is 5.82 Å². The van der Waals surface area contributed by atoms with E-state index < -0.39 is 0 Å². The number of aromatic nitrogens is 3. The van der Waals surface area contributed by atoms with E-state index in [2.05, 4.69) is 47.9 Å². The maximum Gasteiger partial charge on any atom is 0.152 e. The first-order valence-electron chi connectivity index (χ1n) is 11.1. The molecular weight excluding hydrogens is 374 g/mol. The van der Waals surface area contributed by atoms with Crippen molar-refractivity contribution in [3.63, 3.8) is 0 Å². The van der Waals surface area contributed by atoms with Crippen molar-refractivity contribution in [3.05, 3.63) is 36.3 Å². The number of nitrogen functional groups attached to an aromatic ring is 1. The lowest BCUT2D eigenvalue weighted by Gasteiger charge is -2.19. The summed E-state index contributed by atoms with van der Waals surface area (Å²) >= 11 is 0. The van der Waals surface area contributed by atoms with Crippen molar-refractivity contribution in [3.8, 4) is 5.75 Å². The molecule has 3 heterocycles. The van der Waals surface area contributed by atoms with Gasteiger partial charge in [0.05, 0.1) is 17.6 Å². The van der Waals surface area contributed by atoms with Crippen molar-refractivity contribution in [1.82, 2.24) is 19.4 Å². The topological polar surface area (TPSA) is 69.2 Å². The summed E-state index contributed by atoms with van der Waals surface area (Å²) in [4.78, 5) is 11.8. The zero-order valence-corrected chi connectivity index (χ0v) is 18.4. The number of imidazole rings is 1. The molecule has 1 saturated heterocycles. The lowest BCUT2D eigenvalue weighted by Crippen LogP contribution is -2.23. The number of allylic oxidation sites excluding steroid dienone is 1. The van der Waals surface area contributed by atoms with Gasteiger partial charge < -0.3 is 19.9 Å². The zero-order chi connectivity index (χ0) is 21.3. The third-order valence-electron chi connectivity index (χ3n) is 5.75. The highest BCUT2D eigenvalue weighted by atomic mass is 16.5. The minimum atomic E-state index is 0.489. The predicted octanol–water partition coefficient (Wildman–Crippen LogP) is 4.76. The van der Waals surface area contributed by atoms with Gasteiger partial charge in [0.2, 0.25) is 0 Å². The van der Waals surface area contributed by atoms with Gasteiger partial charge in [-0.1, -0.05) is 27.4 Å². The van der Waals surface area contributed by atoms with Crippen molar-refractivity contribution in [2.75, 3.05) is 25.4 Å². The van der Waals surface area contributed by atoms with E-state index in [1.807, 2.05) is 12.1 Å². The lowest BCUT2D eigenvalue weighted by molar-refractivity contribution is 0.258. The van der Waals surface area contributed by atoms with Crippen LogP contribution in [0.2, 0.25) is 0 Å². The van der Waals surface area contributed by atoms with E-state index in [0.29, 0.717) is 18.3 Å². The maximum absolute atomic E-state index is 6.34. The maximum atomic E-state index is 6.34. The molecule has 0 saturated carbocycles. The first kappa shape index (κ1) is 20.5. The Morgan fingerprint density at radius 1 is 1.27 bits per heavy atom. The number of anilines is 1. The molecule has 0 unspecified atom stereocenters. The van der Waals surface area contributed by atoms with E-state index in [-0.39, 0.29) is 0 Å². The van der Waals surface area contributed by atoms with E-state index in [1.165, 1.54) is 12.1 Å². The van der Waals surface area contributed by atoms with Crippen molar-refractivity contribution in [2.24, 2.45) is 5.92 Å². The smallest absolute Gasteiger partial charge is 0.152 e. The van der Waals surface area contributed by atoms with Gasteiger partial charge in [0, 0.05) is 36.7 Å². The molecular formula is C24H33N5O. The Morgan fingerprint density at radius 3 is 2.80 bits per heavy atom. The predicted molar refractivity (Wildman–Crippen MR) is 124 cm³/mol. The number of likely N-dealkylation sites (tertiary alicyclic amines) is 1. The molecule has 6 heteroatoms. The van der Waals surface area contributed by atoms with Gasteiger partial charge in [0.25, 0.3) is 0 Å². The van der Waals surface area contributed by atoms with Crippen molar-refractivity contribution >= 4 is 27.8 Å². The van der Waals surface area contributed by atoms with Crippen LogP contribution < -0.4 is 10.5 Å². The van der Waals surface area contributed by atoms with E-state index >= 15 is 0 Å². The molecule has 0 spiro atoms. The summed E-state index contributed by atoms with van der Waals surface area (Å²) in [5, 5.41) is 1.08. The number of benzene rings is 1. The van der Waals surface area contributed by atoms with Gasteiger partial charge in [0.1, 0.15) is 23.7 Å². The highest BCUT2D eigenvalue weighted by Gasteiger charge is 2.18. The Bertz CT molecular complexity index is 1070. The van der Waals surface area contributed by atoms with Gasteiger partial charge in [-0.3, -0.25) is 0 Å². The molecule has 0 amide bonds. The highest BCUT2D eigenvalue weighted by molar-refractivity contribution is 6.06. The molecule has 1 fully saturated rings. The Kier molecular flexibility index (Phi) is 5.84. The first-order valence-corrected chi connectivity index (χ1v) is 11.1. The fourth-order valence-electron chi connectivity index (χ4n) is 4.34. The molecule has 0 atom stereocenters. The Labute approximate surface area is 178 Å². The van der Waals surface area contributed by atoms with Crippen molar-refractivity contribution in [2.45, 2.75) is 53.0 Å². The van der Waals surface area contributed by atoms with Crippen LogP contribution in [0.15, 0.2) is 30.5 Å². The molecule has 0 radical (unpaired) electrons. The summed E-state index contributed by atoms with van der Waals surface area (Å²) in [6.45, 7) is 14.3. The Balaban J connectivity index is 1.66. The third kappa shape index (κ3) is 3.95. The van der Waals surface area contributed by atoms with E-state index in [1.54, 1.807) is 0 Å². The molecule has 6 nitrogen and oxygen atoms in total. The zero-order valence-electron chi connectivity index (χ0n) is 18.4. The van der Waals surface area contributed by atoms with Crippen LogP contribution in [0.5, 0.6) is 5.75 Å². The summed E-state index contributed by atoms with van der Waals surface area (Å²) in [6.07, 6.45) is 4.27. The van der Waals surface area contributed by atoms with Crippen LogP contribution in [0.3, 0.4) is 0 Å². The molecule has 0 bridgehead atoms. The number of nitrogens with two attached hydrogens (primary N) is 1. The van der Waals surface area contributed by atoms with Crippen LogP contribution in [0.1, 0.15) is 45.9 Å². The summed E-state index contributed by atoms with van der Waals surface area (Å²) in [5.41, 5.74) is 10.3. The molecule has 2 N–H and O–H groups in total. The number of ether oxygens (including phenoxy) is 1. The highest BCUT2D eigenvalue weighted by Crippen LogP contribution is 2.32. The van der Waals surface area contributed by atoms with E-state index in [0.717, 1.165) is 72.4 Å². The molecule has 30 heavy (non-hydrogen) atoms. The number of fused-ring (bicyclic) bond motifs is 3. The number of aryl methyl sites for hydroxylation is 1.